The first kappa shape index (κ1) is 17.7. The number of amides is 1. The van der Waals surface area contributed by atoms with E-state index >= 15 is 0 Å². The summed E-state index contributed by atoms with van der Waals surface area (Å²) in [5, 5.41) is 14.0. The third-order valence-corrected chi connectivity index (χ3v) is 4.36. The van der Waals surface area contributed by atoms with Crippen molar-refractivity contribution in [2.45, 2.75) is 40.7 Å². The van der Waals surface area contributed by atoms with Crippen molar-refractivity contribution in [1.29, 1.82) is 0 Å². The Hall–Kier alpha value is -2.69. The monoisotopic (exact) mass is 326 g/mol. The summed E-state index contributed by atoms with van der Waals surface area (Å²) in [5.74, 6) is -0.316. The topological polar surface area (TPSA) is 72.2 Å². The first-order chi connectivity index (χ1) is 11.2. The van der Waals surface area contributed by atoms with Gasteiger partial charge >= 0.3 is 0 Å². The maximum Gasteiger partial charge on any atom is 0.273 e. The van der Waals surface area contributed by atoms with E-state index in [1.807, 2.05) is 20.8 Å². The number of nitrogens with zero attached hydrogens (tertiary/aromatic N) is 1. The SMILES string of the molecule is Cc1cc(C)c(C(C)NC(=O)c2ccc(C)c([N+](=O)[O-])c2)cc1C. The molecule has 5 nitrogen and oxygen atoms in total. The van der Waals surface area contributed by atoms with Gasteiger partial charge in [0.05, 0.1) is 11.0 Å². The van der Waals surface area contributed by atoms with Crippen LogP contribution in [0.25, 0.3) is 0 Å². The molecule has 0 saturated heterocycles. The van der Waals surface area contributed by atoms with Crippen LogP contribution in [0, 0.1) is 37.8 Å². The van der Waals surface area contributed by atoms with Gasteiger partial charge < -0.3 is 5.32 Å². The molecular formula is C19H22N2O3. The van der Waals surface area contributed by atoms with Crippen molar-refractivity contribution in [3.05, 3.63) is 73.8 Å². The van der Waals surface area contributed by atoms with Crippen molar-refractivity contribution in [2.75, 3.05) is 0 Å². The van der Waals surface area contributed by atoms with Crippen molar-refractivity contribution in [3.63, 3.8) is 0 Å². The number of carbonyl (C=O) groups excluding carboxylic acids is 1. The van der Waals surface area contributed by atoms with Crippen molar-refractivity contribution in [1.82, 2.24) is 5.32 Å². The molecule has 5 heteroatoms. The molecular weight excluding hydrogens is 304 g/mol. The van der Waals surface area contributed by atoms with Crippen LogP contribution in [0.1, 0.15) is 51.1 Å². The molecule has 0 bridgehead atoms. The molecule has 1 atom stereocenters. The highest BCUT2D eigenvalue weighted by Crippen LogP contribution is 2.23. The zero-order valence-corrected chi connectivity index (χ0v) is 14.6. The van der Waals surface area contributed by atoms with Gasteiger partial charge in [-0.05, 0) is 62.9 Å². The van der Waals surface area contributed by atoms with E-state index in [0.29, 0.717) is 11.1 Å². The second kappa shape index (κ2) is 6.83. The largest absolute Gasteiger partial charge is 0.346 e. The Kier molecular flexibility index (Phi) is 5.02. The van der Waals surface area contributed by atoms with E-state index in [2.05, 4.69) is 24.4 Å². The molecule has 1 unspecified atom stereocenters. The molecule has 0 radical (unpaired) electrons. The van der Waals surface area contributed by atoms with Gasteiger partial charge in [-0.25, -0.2) is 0 Å². The molecule has 1 amide bonds. The van der Waals surface area contributed by atoms with E-state index in [0.717, 1.165) is 11.1 Å². The van der Waals surface area contributed by atoms with Crippen LogP contribution in [0.2, 0.25) is 0 Å². The lowest BCUT2D eigenvalue weighted by Gasteiger charge is -2.18. The Labute approximate surface area is 141 Å². The van der Waals surface area contributed by atoms with E-state index in [1.54, 1.807) is 19.1 Å². The molecule has 0 spiro atoms. The summed E-state index contributed by atoms with van der Waals surface area (Å²) in [6.07, 6.45) is 0. The third-order valence-electron chi connectivity index (χ3n) is 4.36. The molecule has 24 heavy (non-hydrogen) atoms. The second-order valence-corrected chi connectivity index (χ2v) is 6.25. The highest BCUT2D eigenvalue weighted by molar-refractivity contribution is 5.95. The number of carbonyl (C=O) groups is 1. The number of nitro benzene ring substituents is 1. The molecule has 0 saturated carbocycles. The minimum Gasteiger partial charge on any atom is -0.346 e. The summed E-state index contributed by atoms with van der Waals surface area (Å²) in [7, 11) is 0. The summed E-state index contributed by atoms with van der Waals surface area (Å²) in [4.78, 5) is 23.0. The van der Waals surface area contributed by atoms with Crippen molar-refractivity contribution < 1.29 is 9.72 Å². The minimum atomic E-state index is -0.469. The Balaban J connectivity index is 2.25. The predicted octanol–water partition coefficient (Wildman–Crippen LogP) is 4.32. The molecule has 2 rings (SSSR count). The van der Waals surface area contributed by atoms with Crippen LogP contribution in [-0.4, -0.2) is 10.8 Å². The van der Waals surface area contributed by atoms with Crippen LogP contribution < -0.4 is 5.32 Å². The molecule has 2 aromatic carbocycles. The van der Waals surface area contributed by atoms with Crippen LogP contribution in [0.5, 0.6) is 0 Å². The Morgan fingerprint density at radius 1 is 1.00 bits per heavy atom. The van der Waals surface area contributed by atoms with E-state index in [4.69, 9.17) is 0 Å². The van der Waals surface area contributed by atoms with Gasteiger partial charge in [-0.2, -0.15) is 0 Å². The number of nitrogens with one attached hydrogen (secondary N) is 1. The Morgan fingerprint density at radius 3 is 2.25 bits per heavy atom. The number of aryl methyl sites for hydroxylation is 4. The van der Waals surface area contributed by atoms with Crippen molar-refractivity contribution >= 4 is 11.6 Å². The normalized spacial score (nSPS) is 11.9. The standard InChI is InChI=1S/C19H22N2O3/c1-11-6-7-16(10-18(11)21(23)24)19(22)20-15(5)17-9-13(3)12(2)8-14(17)4/h6-10,15H,1-5H3,(H,20,22). The van der Waals surface area contributed by atoms with Gasteiger partial charge in [-0.3, -0.25) is 14.9 Å². The van der Waals surface area contributed by atoms with Crippen LogP contribution in [0.4, 0.5) is 5.69 Å². The molecule has 126 valence electrons. The van der Waals surface area contributed by atoms with Gasteiger partial charge in [0.15, 0.2) is 0 Å². The Bertz CT molecular complexity index is 812. The van der Waals surface area contributed by atoms with E-state index in [9.17, 15) is 14.9 Å². The van der Waals surface area contributed by atoms with E-state index in [-0.39, 0.29) is 17.6 Å². The first-order valence-electron chi connectivity index (χ1n) is 7.84. The lowest BCUT2D eigenvalue weighted by atomic mass is 9.96. The zero-order chi connectivity index (χ0) is 18.0. The van der Waals surface area contributed by atoms with Gasteiger partial charge in [0, 0.05) is 17.2 Å². The highest BCUT2D eigenvalue weighted by atomic mass is 16.6. The number of hydrogen-bond donors (Lipinski definition) is 1. The maximum absolute atomic E-state index is 12.4. The quantitative estimate of drug-likeness (QED) is 0.672. The van der Waals surface area contributed by atoms with Crippen molar-refractivity contribution in [2.24, 2.45) is 0 Å². The second-order valence-electron chi connectivity index (χ2n) is 6.25. The number of nitro groups is 1. The third kappa shape index (κ3) is 3.62. The van der Waals surface area contributed by atoms with Gasteiger partial charge in [0.1, 0.15) is 0 Å². The van der Waals surface area contributed by atoms with Crippen LogP contribution in [0.15, 0.2) is 30.3 Å². The molecule has 0 aliphatic rings. The predicted molar refractivity (Wildman–Crippen MR) is 94.4 cm³/mol. The van der Waals surface area contributed by atoms with Gasteiger partial charge in [-0.15, -0.1) is 0 Å². The smallest absolute Gasteiger partial charge is 0.273 e. The molecule has 2 aromatic rings. The molecule has 0 fully saturated rings. The van der Waals surface area contributed by atoms with Gasteiger partial charge in [0.25, 0.3) is 11.6 Å². The average Bonchev–Trinajstić information content (AvgIpc) is 2.50. The zero-order valence-electron chi connectivity index (χ0n) is 14.6. The fraction of sp³-hybridized carbons (Fsp3) is 0.316. The van der Waals surface area contributed by atoms with E-state index in [1.165, 1.54) is 17.2 Å². The summed E-state index contributed by atoms with van der Waals surface area (Å²) in [5.41, 5.74) is 5.33. The fourth-order valence-electron chi connectivity index (χ4n) is 2.75. The molecule has 0 aromatic heterocycles. The number of rotatable bonds is 4. The Morgan fingerprint density at radius 2 is 1.62 bits per heavy atom. The van der Waals surface area contributed by atoms with E-state index < -0.39 is 4.92 Å². The van der Waals surface area contributed by atoms with Crippen LogP contribution in [-0.2, 0) is 0 Å². The lowest BCUT2D eigenvalue weighted by Crippen LogP contribution is -2.27. The van der Waals surface area contributed by atoms with Gasteiger partial charge in [-0.1, -0.05) is 18.2 Å². The lowest BCUT2D eigenvalue weighted by molar-refractivity contribution is -0.385. The number of hydrogen-bond acceptors (Lipinski definition) is 3. The maximum atomic E-state index is 12.4. The first-order valence-corrected chi connectivity index (χ1v) is 7.84. The van der Waals surface area contributed by atoms with Crippen molar-refractivity contribution in [3.8, 4) is 0 Å². The molecule has 1 N–H and O–H groups in total. The summed E-state index contributed by atoms with van der Waals surface area (Å²) in [6.45, 7) is 9.68. The number of benzene rings is 2. The summed E-state index contributed by atoms with van der Waals surface area (Å²) >= 11 is 0. The minimum absolute atomic E-state index is 0.0438. The average molecular weight is 326 g/mol. The van der Waals surface area contributed by atoms with Crippen LogP contribution >= 0.6 is 0 Å². The van der Waals surface area contributed by atoms with Crippen LogP contribution in [0.3, 0.4) is 0 Å². The summed E-state index contributed by atoms with van der Waals surface area (Å²) < 4.78 is 0. The fourth-order valence-corrected chi connectivity index (χ4v) is 2.75. The van der Waals surface area contributed by atoms with Gasteiger partial charge in [0.2, 0.25) is 0 Å². The molecule has 0 aliphatic heterocycles. The molecule has 0 aliphatic carbocycles. The molecule has 0 heterocycles. The summed E-state index contributed by atoms with van der Waals surface area (Å²) in [6, 6.07) is 8.52. The highest BCUT2D eigenvalue weighted by Gasteiger charge is 2.18.